The van der Waals surface area contributed by atoms with Crippen molar-refractivity contribution in [1.29, 1.82) is 0 Å². The van der Waals surface area contributed by atoms with E-state index in [-0.39, 0.29) is 30.2 Å². The normalized spacial score (nSPS) is 14.3. The summed E-state index contributed by atoms with van der Waals surface area (Å²) < 4.78 is 0. The maximum atomic E-state index is 13.8. The van der Waals surface area contributed by atoms with E-state index in [4.69, 9.17) is 0 Å². The Hall–Kier alpha value is -3.45. The van der Waals surface area contributed by atoms with E-state index in [9.17, 15) is 14.4 Å². The summed E-state index contributed by atoms with van der Waals surface area (Å²) in [6.45, 7) is 3.45. The van der Waals surface area contributed by atoms with Crippen molar-refractivity contribution >= 4 is 40.4 Å². The van der Waals surface area contributed by atoms with Gasteiger partial charge in [0.15, 0.2) is 0 Å². The van der Waals surface area contributed by atoms with Gasteiger partial charge in [-0.25, -0.2) is 0 Å². The lowest BCUT2D eigenvalue weighted by Gasteiger charge is -2.32. The van der Waals surface area contributed by atoms with E-state index >= 15 is 0 Å². The summed E-state index contributed by atoms with van der Waals surface area (Å²) in [7, 11) is 0. The van der Waals surface area contributed by atoms with Crippen LogP contribution in [0.15, 0.2) is 66.0 Å². The van der Waals surface area contributed by atoms with Crippen molar-refractivity contribution in [3.8, 4) is 0 Å². The van der Waals surface area contributed by atoms with Gasteiger partial charge in [0, 0.05) is 29.2 Å². The molecular weight excluding hydrogens is 458 g/mol. The summed E-state index contributed by atoms with van der Waals surface area (Å²) >= 11 is 1.52. The number of thiophene rings is 1. The summed E-state index contributed by atoms with van der Waals surface area (Å²) in [6.07, 6.45) is 4.32. The summed E-state index contributed by atoms with van der Waals surface area (Å²) in [5.74, 6) is -0.505. The number of hydrogen-bond acceptors (Lipinski definition) is 4. The van der Waals surface area contributed by atoms with Crippen LogP contribution in [0.4, 0.5) is 11.4 Å². The molecule has 3 aromatic rings. The lowest BCUT2D eigenvalue weighted by Crippen LogP contribution is -2.46. The van der Waals surface area contributed by atoms with Gasteiger partial charge >= 0.3 is 0 Å². The Morgan fingerprint density at radius 1 is 1.00 bits per heavy atom. The molecule has 7 heteroatoms. The minimum Gasteiger partial charge on any atom is -0.351 e. The Balaban J connectivity index is 1.74. The van der Waals surface area contributed by atoms with Crippen LogP contribution in [0.25, 0.3) is 0 Å². The number of anilines is 2. The van der Waals surface area contributed by atoms with E-state index in [0.717, 1.165) is 41.7 Å². The molecule has 3 amide bonds. The zero-order valence-electron chi connectivity index (χ0n) is 20.1. The van der Waals surface area contributed by atoms with Gasteiger partial charge in [-0.1, -0.05) is 48.7 Å². The van der Waals surface area contributed by atoms with E-state index in [1.807, 2.05) is 48.7 Å². The van der Waals surface area contributed by atoms with Gasteiger partial charge in [0.25, 0.3) is 0 Å². The number of nitrogens with zero attached hydrogens (tertiary/aromatic N) is 1. The smallest absolute Gasteiger partial charge is 0.248 e. The topological polar surface area (TPSA) is 78.5 Å². The number of benzene rings is 2. The molecule has 1 unspecified atom stereocenters. The van der Waals surface area contributed by atoms with Crippen molar-refractivity contribution in [3.63, 3.8) is 0 Å². The maximum absolute atomic E-state index is 13.8. The molecule has 2 aromatic carbocycles. The van der Waals surface area contributed by atoms with Crippen LogP contribution in [0.5, 0.6) is 0 Å². The van der Waals surface area contributed by atoms with Crippen molar-refractivity contribution in [3.05, 3.63) is 82.0 Å². The molecule has 6 nitrogen and oxygen atoms in total. The molecule has 1 aromatic heterocycles. The standard InChI is InChI=1S/C28H31N3O3S/c1-19-9-11-21(12-10-19)27(28(34)30-22-6-3-4-7-22)31(26(33)18-25-8-5-17-35-25)24-15-13-23(14-16-24)29-20(2)32/h5,8-17,22,27H,3-4,6-7,18H2,1-2H3,(H,29,32)(H,30,34). The van der Waals surface area contributed by atoms with Crippen molar-refractivity contribution < 1.29 is 14.4 Å². The van der Waals surface area contributed by atoms with Crippen LogP contribution in [0, 0.1) is 6.92 Å². The van der Waals surface area contributed by atoms with Crippen molar-refractivity contribution in [2.45, 2.75) is 58.0 Å². The van der Waals surface area contributed by atoms with Gasteiger partial charge in [-0.2, -0.15) is 0 Å². The lowest BCUT2D eigenvalue weighted by molar-refractivity contribution is -0.127. The van der Waals surface area contributed by atoms with Gasteiger partial charge in [0.05, 0.1) is 6.42 Å². The molecule has 2 N–H and O–H groups in total. The third-order valence-electron chi connectivity index (χ3n) is 6.24. The second-order valence-electron chi connectivity index (χ2n) is 9.05. The molecule has 4 rings (SSSR count). The molecule has 1 heterocycles. The summed E-state index contributed by atoms with van der Waals surface area (Å²) in [6, 6.07) is 18.0. The Labute approximate surface area is 210 Å². The SMILES string of the molecule is CC(=O)Nc1ccc(N(C(=O)Cc2cccs2)C(C(=O)NC2CCCC2)c2ccc(C)cc2)cc1. The monoisotopic (exact) mass is 489 g/mol. The fraction of sp³-hybridized carbons (Fsp3) is 0.321. The molecule has 1 atom stereocenters. The zero-order valence-corrected chi connectivity index (χ0v) is 20.9. The largest absolute Gasteiger partial charge is 0.351 e. The van der Waals surface area contributed by atoms with E-state index in [1.54, 1.807) is 29.2 Å². The maximum Gasteiger partial charge on any atom is 0.248 e. The minimum atomic E-state index is -0.810. The zero-order chi connectivity index (χ0) is 24.8. The molecule has 35 heavy (non-hydrogen) atoms. The Kier molecular flexibility index (Phi) is 7.98. The molecule has 0 spiro atoms. The third kappa shape index (κ3) is 6.36. The van der Waals surface area contributed by atoms with Crippen LogP contribution in [0.1, 0.15) is 54.7 Å². The van der Waals surface area contributed by atoms with Crippen LogP contribution >= 0.6 is 11.3 Å². The van der Waals surface area contributed by atoms with Gasteiger partial charge in [-0.15, -0.1) is 11.3 Å². The molecule has 182 valence electrons. The number of amides is 3. The first-order chi connectivity index (χ1) is 16.9. The van der Waals surface area contributed by atoms with Crippen LogP contribution in [0.3, 0.4) is 0 Å². The number of aryl methyl sites for hydroxylation is 1. The fourth-order valence-electron chi connectivity index (χ4n) is 4.51. The molecule has 1 saturated carbocycles. The highest BCUT2D eigenvalue weighted by atomic mass is 32.1. The predicted octanol–water partition coefficient (Wildman–Crippen LogP) is 5.39. The molecule has 0 bridgehead atoms. The second-order valence-corrected chi connectivity index (χ2v) is 10.1. The van der Waals surface area contributed by atoms with Gasteiger partial charge in [-0.3, -0.25) is 19.3 Å². The number of nitrogens with one attached hydrogen (secondary N) is 2. The number of carbonyl (C=O) groups is 3. The molecule has 0 saturated heterocycles. The molecule has 1 fully saturated rings. The molecule has 0 aliphatic heterocycles. The summed E-state index contributed by atoms with van der Waals surface area (Å²) in [4.78, 5) is 41.5. The van der Waals surface area contributed by atoms with Crippen LogP contribution < -0.4 is 15.5 Å². The third-order valence-corrected chi connectivity index (χ3v) is 7.12. The average molecular weight is 490 g/mol. The fourth-order valence-corrected chi connectivity index (χ4v) is 5.21. The van der Waals surface area contributed by atoms with Gasteiger partial charge < -0.3 is 10.6 Å². The molecule has 1 aliphatic carbocycles. The van der Waals surface area contributed by atoms with E-state index in [2.05, 4.69) is 10.6 Å². The molecule has 0 radical (unpaired) electrons. The van der Waals surface area contributed by atoms with Crippen LogP contribution in [-0.2, 0) is 20.8 Å². The highest BCUT2D eigenvalue weighted by Gasteiger charge is 2.34. The van der Waals surface area contributed by atoms with Crippen LogP contribution in [-0.4, -0.2) is 23.8 Å². The first kappa shape index (κ1) is 24.7. The number of rotatable bonds is 8. The average Bonchev–Trinajstić information content (AvgIpc) is 3.53. The summed E-state index contributed by atoms with van der Waals surface area (Å²) in [5.41, 5.74) is 3.08. The highest BCUT2D eigenvalue weighted by molar-refractivity contribution is 7.10. The van der Waals surface area contributed by atoms with Crippen molar-refractivity contribution in [2.75, 3.05) is 10.2 Å². The van der Waals surface area contributed by atoms with E-state index < -0.39 is 6.04 Å². The summed E-state index contributed by atoms with van der Waals surface area (Å²) in [5, 5.41) is 7.90. The van der Waals surface area contributed by atoms with Crippen LogP contribution in [0.2, 0.25) is 0 Å². The van der Waals surface area contributed by atoms with Gasteiger partial charge in [0.2, 0.25) is 17.7 Å². The number of hydrogen-bond donors (Lipinski definition) is 2. The predicted molar refractivity (Wildman–Crippen MR) is 141 cm³/mol. The van der Waals surface area contributed by atoms with Crippen molar-refractivity contribution in [2.24, 2.45) is 0 Å². The van der Waals surface area contributed by atoms with E-state index in [0.29, 0.717) is 11.4 Å². The first-order valence-corrected chi connectivity index (χ1v) is 12.9. The van der Waals surface area contributed by atoms with Crippen molar-refractivity contribution in [1.82, 2.24) is 5.32 Å². The first-order valence-electron chi connectivity index (χ1n) is 12.0. The Bertz CT molecular complexity index is 1150. The Morgan fingerprint density at radius 3 is 2.29 bits per heavy atom. The minimum absolute atomic E-state index is 0.131. The second kappa shape index (κ2) is 11.3. The molecule has 1 aliphatic rings. The quantitative estimate of drug-likeness (QED) is 0.445. The Morgan fingerprint density at radius 2 is 1.69 bits per heavy atom. The van der Waals surface area contributed by atoms with E-state index in [1.165, 1.54) is 18.3 Å². The van der Waals surface area contributed by atoms with Gasteiger partial charge in [-0.05, 0) is 61.0 Å². The highest BCUT2D eigenvalue weighted by Crippen LogP contribution is 2.31. The van der Waals surface area contributed by atoms with Gasteiger partial charge in [0.1, 0.15) is 6.04 Å². The molecular formula is C28H31N3O3S. The lowest BCUT2D eigenvalue weighted by atomic mass is 10.0. The number of carbonyl (C=O) groups excluding carboxylic acids is 3.